The number of hydrogen-bond acceptors (Lipinski definition) is 6. The SMILES string of the molecule is Cc1nc(-c2ccc(N3CCN(C(=O)Nc4ccccc4C(F)(F)F)CC3)nc2)no1. The zero-order valence-electron chi connectivity index (χ0n) is 16.6. The number of halogens is 3. The predicted molar refractivity (Wildman–Crippen MR) is 107 cm³/mol. The zero-order valence-corrected chi connectivity index (χ0v) is 16.6. The Morgan fingerprint density at radius 2 is 1.84 bits per heavy atom. The second-order valence-electron chi connectivity index (χ2n) is 6.99. The number of carbonyl (C=O) groups excluding carboxylic acids is 1. The summed E-state index contributed by atoms with van der Waals surface area (Å²) in [6.45, 7) is 3.42. The van der Waals surface area contributed by atoms with Crippen molar-refractivity contribution < 1.29 is 22.5 Å². The van der Waals surface area contributed by atoms with E-state index >= 15 is 0 Å². The molecule has 0 atom stereocenters. The molecule has 0 spiro atoms. The van der Waals surface area contributed by atoms with Gasteiger partial charge in [-0.2, -0.15) is 18.2 Å². The van der Waals surface area contributed by atoms with Gasteiger partial charge < -0.3 is 19.6 Å². The number of carbonyl (C=O) groups is 1. The van der Waals surface area contributed by atoms with E-state index in [0.29, 0.717) is 37.9 Å². The summed E-state index contributed by atoms with van der Waals surface area (Å²) < 4.78 is 44.3. The molecule has 1 fully saturated rings. The maximum Gasteiger partial charge on any atom is 0.418 e. The molecule has 0 saturated carbocycles. The second kappa shape index (κ2) is 8.25. The lowest BCUT2D eigenvalue weighted by Crippen LogP contribution is -2.50. The Labute approximate surface area is 175 Å². The molecule has 31 heavy (non-hydrogen) atoms. The molecule has 1 aliphatic heterocycles. The highest BCUT2D eigenvalue weighted by Gasteiger charge is 2.34. The Hall–Kier alpha value is -3.63. The van der Waals surface area contributed by atoms with E-state index in [1.807, 2.05) is 17.0 Å². The van der Waals surface area contributed by atoms with Crippen LogP contribution in [0.5, 0.6) is 0 Å². The van der Waals surface area contributed by atoms with E-state index < -0.39 is 17.8 Å². The van der Waals surface area contributed by atoms with Gasteiger partial charge in [0.05, 0.1) is 11.3 Å². The zero-order chi connectivity index (χ0) is 22.0. The first-order chi connectivity index (χ1) is 14.8. The molecule has 1 aromatic carbocycles. The van der Waals surface area contributed by atoms with Crippen molar-refractivity contribution in [1.82, 2.24) is 20.0 Å². The quantitative estimate of drug-likeness (QED) is 0.677. The highest BCUT2D eigenvalue weighted by atomic mass is 19.4. The highest BCUT2D eigenvalue weighted by molar-refractivity contribution is 5.90. The second-order valence-corrected chi connectivity index (χ2v) is 6.99. The molecule has 2 amide bonds. The molecule has 2 aromatic heterocycles. The van der Waals surface area contributed by atoms with Gasteiger partial charge in [0, 0.05) is 44.9 Å². The fourth-order valence-corrected chi connectivity index (χ4v) is 3.29. The molecule has 4 rings (SSSR count). The van der Waals surface area contributed by atoms with Gasteiger partial charge in [-0.05, 0) is 24.3 Å². The van der Waals surface area contributed by atoms with Gasteiger partial charge in [0.25, 0.3) is 0 Å². The van der Waals surface area contributed by atoms with Gasteiger partial charge in [0.1, 0.15) is 5.82 Å². The van der Waals surface area contributed by atoms with E-state index in [0.717, 1.165) is 17.4 Å². The van der Waals surface area contributed by atoms with Gasteiger partial charge in [-0.3, -0.25) is 0 Å². The number of benzene rings is 1. The summed E-state index contributed by atoms with van der Waals surface area (Å²) in [5.74, 6) is 1.65. The molecule has 8 nitrogen and oxygen atoms in total. The molecular formula is C20H19F3N6O2. The molecule has 3 aromatic rings. The summed E-state index contributed by atoms with van der Waals surface area (Å²) in [6, 6.07) is 8.03. The minimum atomic E-state index is -4.54. The number of hydrogen-bond donors (Lipinski definition) is 1. The lowest BCUT2D eigenvalue weighted by Gasteiger charge is -2.35. The average molecular weight is 432 g/mol. The smallest absolute Gasteiger partial charge is 0.353 e. The molecule has 1 aliphatic rings. The van der Waals surface area contributed by atoms with Crippen LogP contribution in [0.3, 0.4) is 0 Å². The summed E-state index contributed by atoms with van der Waals surface area (Å²) in [4.78, 5) is 24.5. The van der Waals surface area contributed by atoms with Crippen LogP contribution >= 0.6 is 0 Å². The van der Waals surface area contributed by atoms with E-state index in [1.165, 1.54) is 23.1 Å². The molecule has 3 heterocycles. The fraction of sp³-hybridized carbons (Fsp3) is 0.300. The normalized spacial score (nSPS) is 14.6. The van der Waals surface area contributed by atoms with E-state index in [2.05, 4.69) is 20.4 Å². The Kier molecular flexibility index (Phi) is 5.49. The van der Waals surface area contributed by atoms with Gasteiger partial charge in [-0.25, -0.2) is 9.78 Å². The number of urea groups is 1. The highest BCUT2D eigenvalue weighted by Crippen LogP contribution is 2.34. The third-order valence-corrected chi connectivity index (χ3v) is 4.90. The monoisotopic (exact) mass is 432 g/mol. The number of nitrogens with one attached hydrogen (secondary N) is 1. The van der Waals surface area contributed by atoms with Crippen LogP contribution in [-0.4, -0.2) is 52.2 Å². The molecule has 11 heteroatoms. The molecule has 0 radical (unpaired) electrons. The first-order valence-electron chi connectivity index (χ1n) is 9.55. The lowest BCUT2D eigenvalue weighted by atomic mass is 10.1. The molecule has 162 valence electrons. The van der Waals surface area contributed by atoms with Crippen LogP contribution in [-0.2, 0) is 6.18 Å². The molecule has 1 saturated heterocycles. The number of alkyl halides is 3. The molecule has 0 unspecified atom stereocenters. The van der Waals surface area contributed by atoms with E-state index in [-0.39, 0.29) is 5.69 Å². The summed E-state index contributed by atoms with van der Waals surface area (Å²) in [5, 5.41) is 6.23. The Morgan fingerprint density at radius 3 is 2.45 bits per heavy atom. The number of para-hydroxylation sites is 1. The Morgan fingerprint density at radius 1 is 1.10 bits per heavy atom. The first-order valence-corrected chi connectivity index (χ1v) is 9.55. The van der Waals surface area contributed by atoms with E-state index in [4.69, 9.17) is 4.52 Å². The van der Waals surface area contributed by atoms with Crippen LogP contribution in [0.1, 0.15) is 11.5 Å². The fourth-order valence-electron chi connectivity index (χ4n) is 3.29. The molecule has 0 bridgehead atoms. The number of nitrogens with zero attached hydrogens (tertiary/aromatic N) is 5. The molecule has 1 N–H and O–H groups in total. The Balaban J connectivity index is 1.36. The molecule has 0 aliphatic carbocycles. The number of aryl methyl sites for hydroxylation is 1. The topological polar surface area (TPSA) is 87.4 Å². The van der Waals surface area contributed by atoms with Gasteiger partial charge in [0.2, 0.25) is 11.7 Å². The van der Waals surface area contributed by atoms with Crippen LogP contribution in [0.2, 0.25) is 0 Å². The van der Waals surface area contributed by atoms with Crippen LogP contribution in [0.4, 0.5) is 29.5 Å². The summed E-state index contributed by atoms with van der Waals surface area (Å²) in [7, 11) is 0. The number of anilines is 2. The number of amides is 2. The van der Waals surface area contributed by atoms with Crippen molar-refractivity contribution in [2.45, 2.75) is 13.1 Å². The third kappa shape index (κ3) is 4.60. The van der Waals surface area contributed by atoms with Crippen molar-refractivity contribution in [1.29, 1.82) is 0 Å². The minimum absolute atomic E-state index is 0.253. The largest absolute Gasteiger partial charge is 0.418 e. The van der Waals surface area contributed by atoms with Gasteiger partial charge in [-0.15, -0.1) is 0 Å². The van der Waals surface area contributed by atoms with Crippen molar-refractivity contribution >= 4 is 17.5 Å². The van der Waals surface area contributed by atoms with Crippen LogP contribution in [0.25, 0.3) is 11.4 Å². The predicted octanol–water partition coefficient (Wildman–Crippen LogP) is 3.81. The van der Waals surface area contributed by atoms with Crippen molar-refractivity contribution in [3.63, 3.8) is 0 Å². The van der Waals surface area contributed by atoms with Crippen molar-refractivity contribution in [3.05, 3.63) is 54.0 Å². The number of pyridine rings is 1. The van der Waals surface area contributed by atoms with Crippen molar-refractivity contribution in [3.8, 4) is 11.4 Å². The lowest BCUT2D eigenvalue weighted by molar-refractivity contribution is -0.136. The number of aromatic nitrogens is 3. The van der Waals surface area contributed by atoms with Crippen LogP contribution < -0.4 is 10.2 Å². The first kappa shape index (κ1) is 20.6. The standard InChI is InChI=1S/C20H19F3N6O2/c1-13-25-18(27-31-13)14-6-7-17(24-12-14)28-8-10-29(11-9-28)19(30)26-16-5-3-2-4-15(16)20(21,22)23/h2-7,12H,8-11H2,1H3,(H,26,30). The third-order valence-electron chi connectivity index (χ3n) is 4.90. The van der Waals surface area contributed by atoms with Gasteiger partial charge >= 0.3 is 12.2 Å². The minimum Gasteiger partial charge on any atom is -0.353 e. The van der Waals surface area contributed by atoms with E-state index in [1.54, 1.807) is 13.1 Å². The van der Waals surface area contributed by atoms with Gasteiger partial charge in [0.15, 0.2) is 0 Å². The van der Waals surface area contributed by atoms with Crippen molar-refractivity contribution in [2.75, 3.05) is 36.4 Å². The Bertz CT molecular complexity index is 1060. The maximum atomic E-state index is 13.1. The maximum absolute atomic E-state index is 13.1. The summed E-state index contributed by atoms with van der Waals surface area (Å²) >= 11 is 0. The van der Waals surface area contributed by atoms with Crippen LogP contribution in [0.15, 0.2) is 47.1 Å². The summed E-state index contributed by atoms with van der Waals surface area (Å²) in [5.41, 5.74) is -0.401. The molecular weight excluding hydrogens is 413 g/mol. The van der Waals surface area contributed by atoms with E-state index in [9.17, 15) is 18.0 Å². The van der Waals surface area contributed by atoms with Gasteiger partial charge in [-0.1, -0.05) is 17.3 Å². The number of piperazine rings is 1. The number of rotatable bonds is 3. The average Bonchev–Trinajstić information content (AvgIpc) is 3.20. The van der Waals surface area contributed by atoms with Crippen molar-refractivity contribution in [2.24, 2.45) is 0 Å². The van der Waals surface area contributed by atoms with Crippen LogP contribution in [0, 0.1) is 6.92 Å². The summed E-state index contributed by atoms with van der Waals surface area (Å²) in [6.07, 6.45) is -2.90.